The number of phenolic OH excluding ortho intramolecular Hbond substituents is 1. The molecule has 1 amide bonds. The van der Waals surface area contributed by atoms with Crippen molar-refractivity contribution in [1.29, 1.82) is 0 Å². The molecule has 9 nitrogen and oxygen atoms in total. The predicted molar refractivity (Wildman–Crippen MR) is 109 cm³/mol. The maximum atomic E-state index is 13.4. The highest BCUT2D eigenvalue weighted by Crippen LogP contribution is 2.52. The summed E-state index contributed by atoms with van der Waals surface area (Å²) in [4.78, 5) is 37.3. The van der Waals surface area contributed by atoms with Crippen LogP contribution in [0.2, 0.25) is 0 Å². The van der Waals surface area contributed by atoms with Crippen molar-refractivity contribution in [3.05, 3.63) is 45.7 Å². The van der Waals surface area contributed by atoms with E-state index in [2.05, 4.69) is 5.32 Å². The first-order chi connectivity index (χ1) is 15.1. The number of phenols is 1. The third-order valence-corrected chi connectivity index (χ3v) is 6.61. The second-order valence-corrected chi connectivity index (χ2v) is 8.38. The minimum absolute atomic E-state index is 0.0247. The Hall–Kier alpha value is -3.24. The molecule has 10 heteroatoms. The van der Waals surface area contributed by atoms with Crippen LogP contribution in [0.4, 0.5) is 4.39 Å². The van der Waals surface area contributed by atoms with E-state index in [1.807, 2.05) is 0 Å². The summed E-state index contributed by atoms with van der Waals surface area (Å²) in [6.07, 6.45) is -0.0178. The maximum absolute atomic E-state index is 13.4. The first kappa shape index (κ1) is 22.0. The molecule has 0 aromatic heterocycles. The van der Waals surface area contributed by atoms with E-state index >= 15 is 0 Å². The zero-order valence-corrected chi connectivity index (χ0v) is 17.0. The largest absolute Gasteiger partial charge is 0.508 e. The Kier molecular flexibility index (Phi) is 5.30. The summed E-state index contributed by atoms with van der Waals surface area (Å²) in [5.74, 6) is -6.53. The lowest BCUT2D eigenvalue weighted by molar-refractivity contribution is -0.147. The highest BCUT2D eigenvalue weighted by atomic mass is 19.1. The molecule has 0 spiro atoms. The van der Waals surface area contributed by atoms with Gasteiger partial charge in [-0.1, -0.05) is 12.1 Å². The molecule has 32 heavy (non-hydrogen) atoms. The fourth-order valence-electron chi connectivity index (χ4n) is 5.07. The van der Waals surface area contributed by atoms with Gasteiger partial charge in [0.1, 0.15) is 29.5 Å². The van der Waals surface area contributed by atoms with Gasteiger partial charge in [0.15, 0.2) is 11.4 Å². The number of amides is 1. The number of nitrogens with two attached hydrogens (primary N) is 1. The summed E-state index contributed by atoms with van der Waals surface area (Å²) < 4.78 is 12.4. The highest BCUT2D eigenvalue weighted by Gasteiger charge is 2.60. The molecule has 1 aromatic rings. The van der Waals surface area contributed by atoms with Crippen LogP contribution in [-0.4, -0.2) is 56.7 Å². The number of carbonyl (C=O) groups is 3. The van der Waals surface area contributed by atoms with E-state index in [1.165, 1.54) is 0 Å². The van der Waals surface area contributed by atoms with Crippen LogP contribution in [0, 0.1) is 11.8 Å². The number of nitrogens with one attached hydrogen (secondary N) is 1. The number of Topliss-reactive ketones (excluding diaryl/α,β-unsaturated/α-hetero) is 2. The molecule has 170 valence electrons. The number of carbonyl (C=O) groups excluding carboxylic acids is 3. The summed E-state index contributed by atoms with van der Waals surface area (Å²) in [5, 5.41) is 46.2. The number of ketones is 2. The summed E-state index contributed by atoms with van der Waals surface area (Å²) in [7, 11) is 0. The minimum atomic E-state index is -2.58. The smallest absolute Gasteiger partial charge is 0.255 e. The summed E-state index contributed by atoms with van der Waals surface area (Å²) in [5.41, 5.74) is 2.54. The molecular formula is C22H23FN2O7. The molecule has 0 radical (unpaired) electrons. The van der Waals surface area contributed by atoms with Crippen LogP contribution in [0.3, 0.4) is 0 Å². The van der Waals surface area contributed by atoms with E-state index < -0.39 is 58.7 Å². The molecule has 0 heterocycles. The summed E-state index contributed by atoms with van der Waals surface area (Å²) in [6.45, 7) is -0.391. The van der Waals surface area contributed by atoms with Crippen LogP contribution in [-0.2, 0) is 27.3 Å². The quantitative estimate of drug-likeness (QED) is 0.280. The fourth-order valence-corrected chi connectivity index (χ4v) is 5.07. The molecule has 7 N–H and O–H groups in total. The molecule has 0 saturated heterocycles. The predicted octanol–water partition coefficient (Wildman–Crippen LogP) is 0.483. The number of aliphatic hydroxyl groups excluding tert-OH is 2. The van der Waals surface area contributed by atoms with E-state index in [9.17, 15) is 39.2 Å². The van der Waals surface area contributed by atoms with Crippen molar-refractivity contribution >= 4 is 23.2 Å². The molecule has 3 unspecified atom stereocenters. The van der Waals surface area contributed by atoms with Gasteiger partial charge in [-0.25, -0.2) is 4.39 Å². The first-order valence-corrected chi connectivity index (χ1v) is 10.2. The van der Waals surface area contributed by atoms with Crippen LogP contribution in [0.25, 0.3) is 5.76 Å². The van der Waals surface area contributed by atoms with E-state index in [0.717, 1.165) is 0 Å². The molecule has 3 aliphatic rings. The van der Waals surface area contributed by atoms with Gasteiger partial charge in [0.2, 0.25) is 5.78 Å². The summed E-state index contributed by atoms with van der Waals surface area (Å²) >= 11 is 0. The fraction of sp³-hybridized carbons (Fsp3) is 0.409. The average Bonchev–Trinajstić information content (AvgIpc) is 2.72. The zero-order chi connectivity index (χ0) is 23.4. The Morgan fingerprint density at radius 1 is 1.22 bits per heavy atom. The lowest BCUT2D eigenvalue weighted by Crippen LogP contribution is -2.58. The van der Waals surface area contributed by atoms with Crippen LogP contribution >= 0.6 is 0 Å². The standard InChI is InChI=1S/C22H23FN2O7/c23-3-4-25-8-10-2-1-9-5-11-6-12-7-13(26)16(21(24)31)20(30)22(12,32)19(29)15(11)18(28)14(9)17(10)27/h1-2,11-12,25,27-28,30,32H,3-8H2,(H2,24,31). The normalized spacial score (nSPS) is 27.2. The van der Waals surface area contributed by atoms with Gasteiger partial charge in [-0.2, -0.15) is 0 Å². The van der Waals surface area contributed by atoms with Crippen molar-refractivity contribution < 1.29 is 39.2 Å². The SMILES string of the molecule is NC(=O)C1=C(O)C2(O)C(=O)C3=C(O)c4c(ccc(CNCCF)c4O)CC3CC2CC1=O. The Bertz CT molecular complexity index is 1110. The van der Waals surface area contributed by atoms with Crippen molar-refractivity contribution in [2.24, 2.45) is 17.6 Å². The number of primary amides is 1. The number of hydrogen-bond donors (Lipinski definition) is 6. The Morgan fingerprint density at radius 3 is 2.59 bits per heavy atom. The number of halogens is 1. The maximum Gasteiger partial charge on any atom is 0.255 e. The molecule has 3 atom stereocenters. The van der Waals surface area contributed by atoms with E-state index in [1.54, 1.807) is 12.1 Å². The van der Waals surface area contributed by atoms with Gasteiger partial charge in [-0.05, 0) is 24.3 Å². The molecular weight excluding hydrogens is 423 g/mol. The average molecular weight is 446 g/mol. The van der Waals surface area contributed by atoms with Gasteiger partial charge < -0.3 is 31.5 Å². The number of aromatic hydroxyl groups is 1. The van der Waals surface area contributed by atoms with Gasteiger partial charge in [0.25, 0.3) is 5.91 Å². The number of alkyl halides is 1. The third-order valence-electron chi connectivity index (χ3n) is 6.61. The van der Waals surface area contributed by atoms with Gasteiger partial charge in [-0.15, -0.1) is 0 Å². The topological polar surface area (TPSA) is 170 Å². The van der Waals surface area contributed by atoms with E-state index in [0.29, 0.717) is 11.1 Å². The number of rotatable bonds is 5. The highest BCUT2D eigenvalue weighted by molar-refractivity contribution is 6.22. The van der Waals surface area contributed by atoms with Gasteiger partial charge >= 0.3 is 0 Å². The molecule has 0 bridgehead atoms. The van der Waals surface area contributed by atoms with E-state index in [-0.39, 0.29) is 49.2 Å². The lowest BCUT2D eigenvalue weighted by atomic mass is 9.59. The number of fused-ring (bicyclic) bond motifs is 3. The van der Waals surface area contributed by atoms with Crippen molar-refractivity contribution in [3.8, 4) is 5.75 Å². The Labute approximate surface area is 182 Å². The summed E-state index contributed by atoms with van der Waals surface area (Å²) in [6, 6.07) is 3.32. The molecule has 1 aromatic carbocycles. The second kappa shape index (κ2) is 7.72. The Balaban J connectivity index is 1.83. The second-order valence-electron chi connectivity index (χ2n) is 8.38. The monoisotopic (exact) mass is 446 g/mol. The molecule has 0 aliphatic heterocycles. The molecule has 1 fully saturated rings. The third kappa shape index (κ3) is 3.01. The molecule has 4 rings (SSSR count). The van der Waals surface area contributed by atoms with Crippen LogP contribution in [0.15, 0.2) is 29.0 Å². The van der Waals surface area contributed by atoms with Crippen LogP contribution in [0.5, 0.6) is 5.75 Å². The van der Waals surface area contributed by atoms with Gasteiger partial charge in [0.05, 0.1) is 5.56 Å². The molecule has 3 aliphatic carbocycles. The number of aliphatic hydroxyl groups is 3. The van der Waals surface area contributed by atoms with Gasteiger partial charge in [-0.3, -0.25) is 14.4 Å². The van der Waals surface area contributed by atoms with Crippen molar-refractivity contribution in [3.63, 3.8) is 0 Å². The molecule has 1 saturated carbocycles. The van der Waals surface area contributed by atoms with Gasteiger partial charge in [0, 0.05) is 36.6 Å². The lowest BCUT2D eigenvalue weighted by Gasteiger charge is -2.46. The Morgan fingerprint density at radius 2 is 1.94 bits per heavy atom. The first-order valence-electron chi connectivity index (χ1n) is 10.2. The van der Waals surface area contributed by atoms with Crippen LogP contribution in [0.1, 0.15) is 29.5 Å². The van der Waals surface area contributed by atoms with Crippen LogP contribution < -0.4 is 11.1 Å². The number of benzene rings is 1. The van der Waals surface area contributed by atoms with Crippen molar-refractivity contribution in [2.75, 3.05) is 13.2 Å². The zero-order valence-electron chi connectivity index (χ0n) is 17.0. The van der Waals surface area contributed by atoms with Crippen molar-refractivity contribution in [1.82, 2.24) is 5.32 Å². The van der Waals surface area contributed by atoms with E-state index in [4.69, 9.17) is 5.73 Å². The minimum Gasteiger partial charge on any atom is -0.508 e. The van der Waals surface area contributed by atoms with Crippen molar-refractivity contribution in [2.45, 2.75) is 31.4 Å². The number of hydrogen-bond acceptors (Lipinski definition) is 8.